The highest BCUT2D eigenvalue weighted by molar-refractivity contribution is 7.99. The number of urea groups is 1. The van der Waals surface area contributed by atoms with E-state index in [-0.39, 0.29) is 18.5 Å². The molecule has 2 N–H and O–H groups in total. The Morgan fingerprint density at radius 1 is 0.769 bits per heavy atom. The molecule has 0 spiro atoms. The first-order chi connectivity index (χ1) is 19.0. The monoisotopic (exact) mass is 532 g/mol. The molecular weight excluding hydrogens is 504 g/mol. The van der Waals surface area contributed by atoms with Crippen LogP contribution in [-0.4, -0.2) is 17.1 Å². The number of benzene rings is 5. The highest BCUT2D eigenvalue weighted by Gasteiger charge is 2.24. The molecule has 0 aliphatic rings. The van der Waals surface area contributed by atoms with Gasteiger partial charge in [0.25, 0.3) is 0 Å². The maximum Gasteiger partial charge on any atom is 0.326 e. The summed E-state index contributed by atoms with van der Waals surface area (Å²) in [5, 5.41) is 14.3. The summed E-state index contributed by atoms with van der Waals surface area (Å²) in [5.41, 5.74) is 3.29. The van der Waals surface area contributed by atoms with Crippen LogP contribution in [0, 0.1) is 0 Å². The number of fused-ring (bicyclic) bond motifs is 1. The van der Waals surface area contributed by atoms with Crippen LogP contribution >= 0.6 is 11.8 Å². The summed E-state index contributed by atoms with van der Waals surface area (Å²) in [6, 6.07) is 38.9. The normalized spacial score (nSPS) is 11.6. The molecule has 0 aromatic heterocycles. The van der Waals surface area contributed by atoms with Crippen LogP contribution in [0.15, 0.2) is 131 Å². The molecule has 0 aliphatic carbocycles. The first kappa shape index (κ1) is 26.1. The molecule has 1 atom stereocenters. The maximum atomic E-state index is 13.8. The maximum absolute atomic E-state index is 13.8. The summed E-state index contributed by atoms with van der Waals surface area (Å²) in [6.07, 6.45) is -0.000907. The number of carboxylic acids is 1. The molecule has 39 heavy (non-hydrogen) atoms. The fourth-order valence-electron chi connectivity index (χ4n) is 4.53. The Labute approximate surface area is 232 Å². The third-order valence-electron chi connectivity index (χ3n) is 6.50. The minimum Gasteiger partial charge on any atom is -0.481 e. The molecule has 2 amide bonds. The van der Waals surface area contributed by atoms with Crippen LogP contribution in [0.4, 0.5) is 16.2 Å². The van der Waals surface area contributed by atoms with Gasteiger partial charge in [-0.3, -0.25) is 9.69 Å². The molecule has 0 saturated carbocycles. The summed E-state index contributed by atoms with van der Waals surface area (Å²) < 4.78 is 0. The van der Waals surface area contributed by atoms with Crippen molar-refractivity contribution in [3.8, 4) is 0 Å². The molecule has 194 valence electrons. The van der Waals surface area contributed by atoms with E-state index < -0.39 is 5.97 Å². The van der Waals surface area contributed by atoms with E-state index in [1.807, 2.05) is 128 Å². The van der Waals surface area contributed by atoms with E-state index in [9.17, 15) is 9.59 Å². The topological polar surface area (TPSA) is 69.6 Å². The third kappa shape index (κ3) is 6.48. The molecule has 1 unspecified atom stereocenters. The van der Waals surface area contributed by atoms with Gasteiger partial charge < -0.3 is 10.4 Å². The number of hydrogen-bond donors (Lipinski definition) is 2. The highest BCUT2D eigenvalue weighted by atomic mass is 32.2. The SMILES string of the molecule is CC(c1ccccc1)N(C(=O)Nc1ccc2ccccc2c1)c1cccc(Sc2ccc(CC(=O)O)cc2)c1. The van der Waals surface area contributed by atoms with Crippen LogP contribution in [0.25, 0.3) is 10.8 Å². The average Bonchev–Trinajstić information content (AvgIpc) is 2.94. The summed E-state index contributed by atoms with van der Waals surface area (Å²) in [5.74, 6) is -0.849. The van der Waals surface area contributed by atoms with Gasteiger partial charge in [-0.25, -0.2) is 4.79 Å². The standard InChI is InChI=1S/C33H28N2O3S/c1-23(25-8-3-2-4-9-25)35(33(38)34-28-17-16-26-10-5-6-11-27(26)21-28)29-12-7-13-31(22-29)39-30-18-14-24(15-19-30)20-32(36)37/h2-19,21-23H,20H2,1H3,(H,34,38)(H,36,37). The molecule has 5 rings (SSSR count). The predicted octanol–water partition coefficient (Wildman–Crippen LogP) is 8.42. The van der Waals surface area contributed by atoms with Crippen LogP contribution in [0.3, 0.4) is 0 Å². The van der Waals surface area contributed by atoms with Crippen molar-refractivity contribution in [1.82, 2.24) is 0 Å². The number of carbonyl (C=O) groups is 2. The molecule has 0 radical (unpaired) electrons. The van der Waals surface area contributed by atoms with Crippen molar-refractivity contribution >= 4 is 45.9 Å². The fraction of sp³-hybridized carbons (Fsp3) is 0.0909. The van der Waals surface area contributed by atoms with E-state index in [1.54, 1.807) is 16.7 Å². The van der Waals surface area contributed by atoms with E-state index in [4.69, 9.17) is 5.11 Å². The molecule has 5 aromatic rings. The lowest BCUT2D eigenvalue weighted by atomic mass is 10.1. The Hall–Kier alpha value is -4.55. The second-order valence-electron chi connectivity index (χ2n) is 9.26. The zero-order chi connectivity index (χ0) is 27.2. The minimum absolute atomic E-state index is 0.000907. The van der Waals surface area contributed by atoms with Gasteiger partial charge in [0.2, 0.25) is 0 Å². The van der Waals surface area contributed by atoms with Gasteiger partial charge in [-0.1, -0.05) is 90.6 Å². The Kier molecular flexibility index (Phi) is 7.94. The highest BCUT2D eigenvalue weighted by Crippen LogP contribution is 2.34. The molecule has 5 aromatic carbocycles. The van der Waals surface area contributed by atoms with Crippen molar-refractivity contribution in [1.29, 1.82) is 0 Å². The zero-order valence-electron chi connectivity index (χ0n) is 21.5. The second-order valence-corrected chi connectivity index (χ2v) is 10.4. The van der Waals surface area contributed by atoms with Crippen molar-refractivity contribution in [3.63, 3.8) is 0 Å². The number of nitrogens with zero attached hydrogens (tertiary/aromatic N) is 1. The Balaban J connectivity index is 1.43. The molecule has 0 fully saturated rings. The quantitative estimate of drug-likeness (QED) is 0.210. The number of amides is 2. The van der Waals surface area contributed by atoms with Crippen LogP contribution in [0.2, 0.25) is 0 Å². The number of nitrogens with one attached hydrogen (secondary N) is 1. The summed E-state index contributed by atoms with van der Waals surface area (Å²) >= 11 is 1.57. The van der Waals surface area contributed by atoms with Crippen LogP contribution in [0.5, 0.6) is 0 Å². The number of carbonyl (C=O) groups excluding carboxylic acids is 1. The van der Waals surface area contributed by atoms with Gasteiger partial charge in [0, 0.05) is 21.2 Å². The lowest BCUT2D eigenvalue weighted by Crippen LogP contribution is -2.37. The zero-order valence-corrected chi connectivity index (χ0v) is 22.3. The lowest BCUT2D eigenvalue weighted by molar-refractivity contribution is -0.136. The van der Waals surface area contributed by atoms with Gasteiger partial charge in [-0.2, -0.15) is 0 Å². The predicted molar refractivity (Wildman–Crippen MR) is 159 cm³/mol. The van der Waals surface area contributed by atoms with E-state index >= 15 is 0 Å². The Morgan fingerprint density at radius 3 is 2.23 bits per heavy atom. The molecule has 0 saturated heterocycles. The van der Waals surface area contributed by atoms with Crippen molar-refractivity contribution < 1.29 is 14.7 Å². The first-order valence-corrected chi connectivity index (χ1v) is 13.5. The van der Waals surface area contributed by atoms with E-state index in [1.165, 1.54) is 0 Å². The van der Waals surface area contributed by atoms with E-state index in [0.717, 1.165) is 43.1 Å². The fourth-order valence-corrected chi connectivity index (χ4v) is 5.40. The van der Waals surface area contributed by atoms with Gasteiger partial charge in [-0.15, -0.1) is 0 Å². The number of hydrogen-bond acceptors (Lipinski definition) is 3. The van der Waals surface area contributed by atoms with Crippen molar-refractivity contribution in [2.75, 3.05) is 10.2 Å². The smallest absolute Gasteiger partial charge is 0.326 e. The number of aliphatic carboxylic acids is 1. The van der Waals surface area contributed by atoms with Crippen LogP contribution < -0.4 is 10.2 Å². The lowest BCUT2D eigenvalue weighted by Gasteiger charge is -2.30. The van der Waals surface area contributed by atoms with Crippen LogP contribution in [-0.2, 0) is 11.2 Å². The van der Waals surface area contributed by atoms with Gasteiger partial charge in [0.15, 0.2) is 0 Å². The number of anilines is 2. The molecule has 5 nitrogen and oxygen atoms in total. The molecule has 6 heteroatoms. The van der Waals surface area contributed by atoms with Crippen molar-refractivity contribution in [3.05, 3.63) is 132 Å². The van der Waals surface area contributed by atoms with Crippen LogP contribution in [0.1, 0.15) is 24.1 Å². The van der Waals surface area contributed by atoms with Gasteiger partial charge in [0.1, 0.15) is 0 Å². The molecule has 0 heterocycles. The Morgan fingerprint density at radius 2 is 1.49 bits per heavy atom. The van der Waals surface area contributed by atoms with E-state index in [0.29, 0.717) is 0 Å². The van der Waals surface area contributed by atoms with Crippen molar-refractivity contribution in [2.24, 2.45) is 0 Å². The minimum atomic E-state index is -0.849. The van der Waals surface area contributed by atoms with Gasteiger partial charge in [0.05, 0.1) is 12.5 Å². The van der Waals surface area contributed by atoms with E-state index in [2.05, 4.69) is 5.32 Å². The van der Waals surface area contributed by atoms with Gasteiger partial charge in [-0.05, 0) is 71.3 Å². The molecule has 0 bridgehead atoms. The third-order valence-corrected chi connectivity index (χ3v) is 7.50. The average molecular weight is 533 g/mol. The molecular formula is C33H28N2O3S. The largest absolute Gasteiger partial charge is 0.481 e. The Bertz CT molecular complexity index is 1600. The second kappa shape index (κ2) is 11.9. The summed E-state index contributed by atoms with van der Waals surface area (Å²) in [6.45, 7) is 2.02. The first-order valence-electron chi connectivity index (χ1n) is 12.7. The van der Waals surface area contributed by atoms with Gasteiger partial charge >= 0.3 is 12.0 Å². The number of carboxylic acid groups (broad SMARTS) is 1. The summed E-state index contributed by atoms with van der Waals surface area (Å²) in [4.78, 5) is 28.6. The molecule has 0 aliphatic heterocycles. The van der Waals surface area contributed by atoms with Crippen molar-refractivity contribution in [2.45, 2.75) is 29.2 Å². The summed E-state index contributed by atoms with van der Waals surface area (Å²) in [7, 11) is 0. The number of rotatable bonds is 8.